The van der Waals surface area contributed by atoms with Crippen molar-refractivity contribution >= 4 is 10.9 Å². The van der Waals surface area contributed by atoms with Crippen molar-refractivity contribution in [2.75, 3.05) is 33.4 Å². The number of hydrogen-bond donors (Lipinski definition) is 1. The molecule has 154 valence electrons. The summed E-state index contributed by atoms with van der Waals surface area (Å²) in [7, 11) is 1.70. The highest BCUT2D eigenvalue weighted by Crippen LogP contribution is 2.31. The summed E-state index contributed by atoms with van der Waals surface area (Å²) >= 11 is 0. The fourth-order valence-electron chi connectivity index (χ4n) is 4.26. The number of methoxy groups -OCH3 is 1. The zero-order valence-electron chi connectivity index (χ0n) is 17.5. The van der Waals surface area contributed by atoms with Gasteiger partial charge in [0.2, 0.25) is 0 Å². The number of hydrogen-bond acceptors (Lipinski definition) is 4. The van der Waals surface area contributed by atoms with Crippen molar-refractivity contribution in [1.29, 1.82) is 0 Å². The molecule has 5 heteroatoms. The Labute approximate surface area is 173 Å². The van der Waals surface area contributed by atoms with Crippen LogP contribution in [0.4, 0.5) is 0 Å². The van der Waals surface area contributed by atoms with Gasteiger partial charge in [0, 0.05) is 23.5 Å². The maximum Gasteiger partial charge on any atom is 0.161 e. The SMILES string of the molecule is CCc1ccc(OCCCN2CCC(c3[nH]nc4ccccc34)CC2)c(OC)c1. The topological polar surface area (TPSA) is 50.4 Å². The first-order valence-corrected chi connectivity index (χ1v) is 10.7. The zero-order chi connectivity index (χ0) is 20.1. The van der Waals surface area contributed by atoms with E-state index < -0.39 is 0 Å². The summed E-state index contributed by atoms with van der Waals surface area (Å²) in [6.07, 6.45) is 4.38. The van der Waals surface area contributed by atoms with Crippen molar-refractivity contribution < 1.29 is 9.47 Å². The van der Waals surface area contributed by atoms with Gasteiger partial charge in [-0.25, -0.2) is 0 Å². The Morgan fingerprint density at radius 2 is 1.93 bits per heavy atom. The summed E-state index contributed by atoms with van der Waals surface area (Å²) in [6, 6.07) is 14.6. The molecule has 1 fully saturated rings. The number of nitrogens with one attached hydrogen (secondary N) is 1. The lowest BCUT2D eigenvalue weighted by atomic mass is 9.91. The Balaban J connectivity index is 1.23. The van der Waals surface area contributed by atoms with Crippen LogP contribution in [0.5, 0.6) is 11.5 Å². The van der Waals surface area contributed by atoms with Gasteiger partial charge in [0.25, 0.3) is 0 Å². The summed E-state index contributed by atoms with van der Waals surface area (Å²) in [5.41, 5.74) is 3.65. The number of nitrogens with zero attached hydrogens (tertiary/aromatic N) is 2. The molecule has 0 atom stereocenters. The number of benzene rings is 2. The fraction of sp³-hybridized carbons (Fsp3) is 0.458. The van der Waals surface area contributed by atoms with E-state index in [1.54, 1.807) is 7.11 Å². The molecule has 1 aliphatic rings. The molecule has 1 saturated heterocycles. The molecule has 2 aromatic carbocycles. The number of piperidine rings is 1. The van der Waals surface area contributed by atoms with Gasteiger partial charge in [0.15, 0.2) is 11.5 Å². The van der Waals surface area contributed by atoms with Crippen molar-refractivity contribution in [3.8, 4) is 11.5 Å². The smallest absolute Gasteiger partial charge is 0.161 e. The van der Waals surface area contributed by atoms with Crippen LogP contribution in [0.2, 0.25) is 0 Å². The Kier molecular flexibility index (Phi) is 6.35. The summed E-state index contributed by atoms with van der Waals surface area (Å²) in [4.78, 5) is 2.55. The van der Waals surface area contributed by atoms with E-state index in [-0.39, 0.29) is 0 Å². The number of para-hydroxylation sites is 1. The van der Waals surface area contributed by atoms with E-state index >= 15 is 0 Å². The molecule has 0 amide bonds. The number of likely N-dealkylation sites (tertiary alicyclic amines) is 1. The summed E-state index contributed by atoms with van der Waals surface area (Å²) in [5.74, 6) is 2.25. The van der Waals surface area contributed by atoms with Crippen molar-refractivity contribution in [2.24, 2.45) is 0 Å². The number of aromatic amines is 1. The second kappa shape index (κ2) is 9.31. The van der Waals surface area contributed by atoms with E-state index in [9.17, 15) is 0 Å². The van der Waals surface area contributed by atoms with Gasteiger partial charge in [-0.1, -0.05) is 31.2 Å². The molecule has 0 unspecified atom stereocenters. The minimum absolute atomic E-state index is 0.580. The van der Waals surface area contributed by atoms with Crippen molar-refractivity contribution in [3.05, 3.63) is 53.7 Å². The molecule has 3 aromatic rings. The number of fused-ring (bicyclic) bond motifs is 1. The lowest BCUT2D eigenvalue weighted by Gasteiger charge is -2.31. The number of aromatic nitrogens is 2. The van der Waals surface area contributed by atoms with Gasteiger partial charge in [-0.15, -0.1) is 0 Å². The van der Waals surface area contributed by atoms with Crippen LogP contribution >= 0.6 is 0 Å². The first-order valence-electron chi connectivity index (χ1n) is 10.7. The molecule has 1 aromatic heterocycles. The molecular formula is C24H31N3O2. The largest absolute Gasteiger partial charge is 0.493 e. The van der Waals surface area contributed by atoms with Crippen LogP contribution in [0, 0.1) is 0 Å². The lowest BCUT2D eigenvalue weighted by molar-refractivity contribution is 0.190. The first-order chi connectivity index (χ1) is 14.3. The molecule has 0 aliphatic carbocycles. The maximum atomic E-state index is 5.98. The molecule has 5 nitrogen and oxygen atoms in total. The third-order valence-electron chi connectivity index (χ3n) is 6.00. The Bertz CT molecular complexity index is 929. The fourth-order valence-corrected chi connectivity index (χ4v) is 4.26. The van der Waals surface area contributed by atoms with Gasteiger partial charge in [-0.3, -0.25) is 5.10 Å². The van der Waals surface area contributed by atoms with Crippen LogP contribution in [0.15, 0.2) is 42.5 Å². The van der Waals surface area contributed by atoms with Crippen LogP contribution in [0.3, 0.4) is 0 Å². The Morgan fingerprint density at radius 1 is 1.10 bits per heavy atom. The second-order valence-corrected chi connectivity index (χ2v) is 7.81. The third-order valence-corrected chi connectivity index (χ3v) is 6.00. The maximum absolute atomic E-state index is 5.98. The van der Waals surface area contributed by atoms with Crippen LogP contribution in [-0.2, 0) is 6.42 Å². The highest BCUT2D eigenvalue weighted by molar-refractivity contribution is 5.81. The van der Waals surface area contributed by atoms with Crippen LogP contribution < -0.4 is 9.47 Å². The van der Waals surface area contributed by atoms with Crippen LogP contribution in [0.1, 0.15) is 43.4 Å². The summed E-state index contributed by atoms with van der Waals surface area (Å²) < 4.78 is 11.5. The molecule has 1 N–H and O–H groups in total. The van der Waals surface area contributed by atoms with E-state index in [1.807, 2.05) is 12.1 Å². The van der Waals surface area contributed by atoms with E-state index in [1.165, 1.54) is 29.5 Å². The van der Waals surface area contributed by atoms with Gasteiger partial charge in [-0.05, 0) is 62.5 Å². The number of H-pyrrole nitrogens is 1. The number of aryl methyl sites for hydroxylation is 1. The highest BCUT2D eigenvalue weighted by Gasteiger charge is 2.23. The molecule has 29 heavy (non-hydrogen) atoms. The quantitative estimate of drug-likeness (QED) is 0.560. The van der Waals surface area contributed by atoms with Gasteiger partial charge < -0.3 is 14.4 Å². The monoisotopic (exact) mass is 393 g/mol. The van der Waals surface area contributed by atoms with Crippen molar-refractivity contribution in [3.63, 3.8) is 0 Å². The standard InChI is InChI=1S/C24H31N3O2/c1-3-18-9-10-22(23(17-18)28-2)29-16-6-13-27-14-11-19(12-15-27)24-20-7-4-5-8-21(20)25-26-24/h4-5,7-10,17,19H,3,6,11-16H2,1-2H3,(H,25,26). The average Bonchev–Trinajstić information content (AvgIpc) is 3.21. The molecule has 0 spiro atoms. The van der Waals surface area contributed by atoms with Gasteiger partial charge in [0.1, 0.15) is 0 Å². The Morgan fingerprint density at radius 3 is 2.72 bits per heavy atom. The van der Waals surface area contributed by atoms with E-state index in [4.69, 9.17) is 9.47 Å². The van der Waals surface area contributed by atoms with Crippen molar-refractivity contribution in [1.82, 2.24) is 15.1 Å². The minimum atomic E-state index is 0.580. The molecular weight excluding hydrogens is 362 g/mol. The minimum Gasteiger partial charge on any atom is -0.493 e. The lowest BCUT2D eigenvalue weighted by Crippen LogP contribution is -2.34. The normalized spacial score (nSPS) is 15.7. The number of rotatable bonds is 8. The molecule has 2 heterocycles. The van der Waals surface area contributed by atoms with Crippen molar-refractivity contribution in [2.45, 2.75) is 38.5 Å². The predicted octanol–water partition coefficient (Wildman–Crippen LogP) is 4.78. The predicted molar refractivity (Wildman–Crippen MR) is 117 cm³/mol. The molecule has 0 radical (unpaired) electrons. The second-order valence-electron chi connectivity index (χ2n) is 7.81. The number of ether oxygens (including phenoxy) is 2. The molecule has 0 saturated carbocycles. The average molecular weight is 394 g/mol. The van der Waals surface area contributed by atoms with E-state index in [0.29, 0.717) is 12.5 Å². The van der Waals surface area contributed by atoms with E-state index in [2.05, 4.69) is 52.4 Å². The summed E-state index contributed by atoms with van der Waals surface area (Å²) in [6.45, 7) is 6.20. The summed E-state index contributed by atoms with van der Waals surface area (Å²) in [5, 5.41) is 9.03. The first kappa shape index (κ1) is 19.8. The Hall–Kier alpha value is -2.53. The van der Waals surface area contributed by atoms with Crippen LogP contribution in [0.25, 0.3) is 10.9 Å². The molecule has 0 bridgehead atoms. The third kappa shape index (κ3) is 4.56. The van der Waals surface area contributed by atoms with Gasteiger partial charge >= 0.3 is 0 Å². The van der Waals surface area contributed by atoms with Gasteiger partial charge in [-0.2, -0.15) is 5.10 Å². The van der Waals surface area contributed by atoms with Gasteiger partial charge in [0.05, 0.1) is 19.2 Å². The van der Waals surface area contributed by atoms with Crippen LogP contribution in [-0.4, -0.2) is 48.4 Å². The molecule has 4 rings (SSSR count). The van der Waals surface area contributed by atoms with E-state index in [0.717, 1.165) is 49.5 Å². The highest BCUT2D eigenvalue weighted by atomic mass is 16.5. The molecule has 1 aliphatic heterocycles. The zero-order valence-corrected chi connectivity index (χ0v) is 17.5.